The minimum atomic E-state index is -0.127. The van der Waals surface area contributed by atoms with Crippen LogP contribution in [-0.4, -0.2) is 22.3 Å². The molecule has 2 aromatic heterocycles. The lowest BCUT2D eigenvalue weighted by molar-refractivity contribution is 0.0677. The first kappa shape index (κ1) is 15.6. The Morgan fingerprint density at radius 2 is 2.08 bits per heavy atom. The second-order valence-corrected chi connectivity index (χ2v) is 6.41. The molecule has 1 aliphatic rings. The van der Waals surface area contributed by atoms with E-state index in [1.165, 1.54) is 11.1 Å². The van der Waals surface area contributed by atoms with Crippen LogP contribution in [0, 0.1) is 6.92 Å². The fraction of sp³-hybridized carbons (Fsp3) is 0.238. The Morgan fingerprint density at radius 3 is 2.88 bits per heavy atom. The normalized spacial score (nSPS) is 17.0. The number of benzene rings is 1. The van der Waals surface area contributed by atoms with Crippen molar-refractivity contribution in [1.29, 1.82) is 0 Å². The lowest BCUT2D eigenvalue weighted by atomic mass is 9.93. The van der Waals surface area contributed by atoms with Crippen molar-refractivity contribution in [3.05, 3.63) is 89.1 Å². The van der Waals surface area contributed by atoms with E-state index in [1.54, 1.807) is 18.4 Å². The Labute approximate surface area is 147 Å². The van der Waals surface area contributed by atoms with Crippen molar-refractivity contribution < 1.29 is 9.21 Å². The van der Waals surface area contributed by atoms with E-state index in [1.807, 2.05) is 30.2 Å². The van der Waals surface area contributed by atoms with Gasteiger partial charge in [-0.3, -0.25) is 9.78 Å². The van der Waals surface area contributed by atoms with Crippen molar-refractivity contribution in [3.8, 4) is 0 Å². The number of pyridine rings is 1. The van der Waals surface area contributed by atoms with Crippen LogP contribution in [0.1, 0.15) is 45.4 Å². The highest BCUT2D eigenvalue weighted by Gasteiger charge is 2.32. The van der Waals surface area contributed by atoms with Gasteiger partial charge in [-0.25, -0.2) is 0 Å². The van der Waals surface area contributed by atoms with Crippen molar-refractivity contribution in [1.82, 2.24) is 9.88 Å². The van der Waals surface area contributed by atoms with Gasteiger partial charge in [0.1, 0.15) is 0 Å². The van der Waals surface area contributed by atoms with Gasteiger partial charge in [0, 0.05) is 18.4 Å². The van der Waals surface area contributed by atoms with Crippen LogP contribution in [0.25, 0.3) is 0 Å². The second kappa shape index (κ2) is 6.55. The molecule has 4 heteroatoms. The summed E-state index contributed by atoms with van der Waals surface area (Å²) in [6, 6.07) is 15.8. The van der Waals surface area contributed by atoms with E-state index < -0.39 is 0 Å². The van der Waals surface area contributed by atoms with E-state index in [9.17, 15) is 4.79 Å². The number of hydrogen-bond donors (Lipinski definition) is 0. The molecular weight excluding hydrogens is 312 g/mol. The average molecular weight is 332 g/mol. The molecule has 0 spiro atoms. The molecule has 0 unspecified atom stereocenters. The molecule has 0 saturated carbocycles. The average Bonchev–Trinajstić information content (AvgIpc) is 3.09. The highest BCUT2D eigenvalue weighted by Crippen LogP contribution is 2.35. The van der Waals surface area contributed by atoms with Crippen LogP contribution >= 0.6 is 0 Å². The first-order chi connectivity index (χ1) is 12.2. The van der Waals surface area contributed by atoms with Crippen molar-refractivity contribution in [3.63, 3.8) is 0 Å². The summed E-state index contributed by atoms with van der Waals surface area (Å²) in [5, 5.41) is 0. The summed E-state index contributed by atoms with van der Waals surface area (Å²) in [6.45, 7) is 2.67. The van der Waals surface area contributed by atoms with Gasteiger partial charge in [-0.15, -0.1) is 0 Å². The highest BCUT2D eigenvalue weighted by molar-refractivity contribution is 5.92. The second-order valence-electron chi connectivity index (χ2n) is 6.41. The Kier molecular flexibility index (Phi) is 4.10. The minimum absolute atomic E-state index is 0.0684. The fourth-order valence-electron chi connectivity index (χ4n) is 3.62. The molecule has 126 valence electrons. The predicted molar refractivity (Wildman–Crippen MR) is 95.3 cm³/mol. The third kappa shape index (κ3) is 2.95. The summed E-state index contributed by atoms with van der Waals surface area (Å²) in [5.74, 6) is 0.316. The molecule has 0 fully saturated rings. The molecule has 1 atom stereocenters. The number of nitrogens with zero attached hydrogens (tertiary/aromatic N) is 2. The zero-order valence-electron chi connectivity index (χ0n) is 14.2. The van der Waals surface area contributed by atoms with Gasteiger partial charge in [0.25, 0.3) is 5.91 Å². The molecule has 4 nitrogen and oxygen atoms in total. The van der Waals surface area contributed by atoms with Gasteiger partial charge in [-0.1, -0.05) is 24.3 Å². The topological polar surface area (TPSA) is 46.3 Å². The van der Waals surface area contributed by atoms with Gasteiger partial charge >= 0.3 is 0 Å². The quantitative estimate of drug-likeness (QED) is 0.708. The van der Waals surface area contributed by atoms with Crippen LogP contribution in [0.4, 0.5) is 0 Å². The van der Waals surface area contributed by atoms with Crippen LogP contribution in [-0.2, 0) is 6.42 Å². The van der Waals surface area contributed by atoms with Crippen LogP contribution in [0.5, 0.6) is 0 Å². The minimum Gasteiger partial charge on any atom is -0.459 e. The maximum atomic E-state index is 13.1. The Bertz CT molecular complexity index is 886. The monoisotopic (exact) mass is 332 g/mol. The summed E-state index contributed by atoms with van der Waals surface area (Å²) < 4.78 is 5.38. The first-order valence-electron chi connectivity index (χ1n) is 8.59. The molecule has 3 heterocycles. The molecule has 1 aromatic carbocycles. The fourth-order valence-corrected chi connectivity index (χ4v) is 3.62. The number of carbonyl (C=O) groups excluding carboxylic acids is 1. The summed E-state index contributed by atoms with van der Waals surface area (Å²) in [6.07, 6.45) is 5.26. The summed E-state index contributed by atoms with van der Waals surface area (Å²) in [7, 11) is 0. The molecule has 0 radical (unpaired) electrons. The maximum Gasteiger partial charge on any atom is 0.290 e. The van der Waals surface area contributed by atoms with Gasteiger partial charge in [0.15, 0.2) is 5.76 Å². The van der Waals surface area contributed by atoms with Crippen molar-refractivity contribution in [2.45, 2.75) is 25.8 Å². The van der Waals surface area contributed by atoms with Crippen LogP contribution in [0.2, 0.25) is 0 Å². The van der Waals surface area contributed by atoms with Gasteiger partial charge in [-0.2, -0.15) is 0 Å². The van der Waals surface area contributed by atoms with Gasteiger partial charge in [-0.05, 0) is 60.7 Å². The van der Waals surface area contributed by atoms with E-state index in [-0.39, 0.29) is 11.9 Å². The number of aryl methyl sites for hydroxylation is 2. The smallest absolute Gasteiger partial charge is 0.290 e. The number of fused-ring (bicyclic) bond motifs is 1. The van der Waals surface area contributed by atoms with Gasteiger partial charge in [0.05, 0.1) is 12.3 Å². The van der Waals surface area contributed by atoms with E-state index in [0.717, 1.165) is 24.1 Å². The number of carbonyl (C=O) groups is 1. The summed E-state index contributed by atoms with van der Waals surface area (Å²) in [4.78, 5) is 19.4. The highest BCUT2D eigenvalue weighted by atomic mass is 16.3. The molecule has 1 aliphatic heterocycles. The van der Waals surface area contributed by atoms with Crippen molar-refractivity contribution in [2.75, 3.05) is 6.54 Å². The molecule has 0 bridgehead atoms. The zero-order valence-corrected chi connectivity index (χ0v) is 14.2. The van der Waals surface area contributed by atoms with E-state index >= 15 is 0 Å². The first-order valence-corrected chi connectivity index (χ1v) is 8.59. The van der Waals surface area contributed by atoms with Crippen LogP contribution in [0.3, 0.4) is 0 Å². The number of amides is 1. The predicted octanol–water partition coefficient (Wildman–Crippen LogP) is 4.16. The molecule has 4 rings (SSSR count). The SMILES string of the molecule is Cc1cc([C@@H]2c3ccccc3CCCN2C(=O)c2ccco2)ccn1. The number of furan rings is 1. The summed E-state index contributed by atoms with van der Waals surface area (Å²) in [5.41, 5.74) is 4.52. The van der Waals surface area contributed by atoms with Crippen molar-refractivity contribution >= 4 is 5.91 Å². The Balaban J connectivity index is 1.85. The molecule has 0 saturated heterocycles. The lowest BCUT2D eigenvalue weighted by Crippen LogP contribution is -2.35. The largest absolute Gasteiger partial charge is 0.459 e. The molecular formula is C21H20N2O2. The molecule has 0 aliphatic carbocycles. The van der Waals surface area contributed by atoms with Crippen molar-refractivity contribution in [2.24, 2.45) is 0 Å². The van der Waals surface area contributed by atoms with E-state index in [0.29, 0.717) is 12.3 Å². The van der Waals surface area contributed by atoms with Gasteiger partial charge < -0.3 is 9.32 Å². The molecule has 25 heavy (non-hydrogen) atoms. The maximum absolute atomic E-state index is 13.1. The number of rotatable bonds is 2. The Morgan fingerprint density at radius 1 is 1.20 bits per heavy atom. The van der Waals surface area contributed by atoms with E-state index in [4.69, 9.17) is 4.42 Å². The standard InChI is InChI=1S/C21H20N2O2/c1-15-14-17(10-11-22-15)20-18-8-3-2-6-16(18)7-4-12-23(20)21(24)19-9-5-13-25-19/h2-3,5-6,8-11,13-14,20H,4,7,12H2,1H3/t20-/m1/s1. The third-order valence-electron chi connectivity index (χ3n) is 4.74. The zero-order chi connectivity index (χ0) is 17.2. The number of aromatic nitrogens is 1. The number of hydrogen-bond acceptors (Lipinski definition) is 3. The molecule has 3 aromatic rings. The lowest BCUT2D eigenvalue weighted by Gasteiger charge is -2.31. The Hall–Kier alpha value is -2.88. The summed E-state index contributed by atoms with van der Waals surface area (Å²) >= 11 is 0. The van der Waals surface area contributed by atoms with Gasteiger partial charge in [0.2, 0.25) is 0 Å². The van der Waals surface area contributed by atoms with E-state index in [2.05, 4.69) is 29.2 Å². The molecule has 1 amide bonds. The van der Waals surface area contributed by atoms with Crippen LogP contribution in [0.15, 0.2) is 65.4 Å². The van der Waals surface area contributed by atoms with Crippen LogP contribution < -0.4 is 0 Å². The third-order valence-corrected chi connectivity index (χ3v) is 4.74. The molecule has 0 N–H and O–H groups in total.